The third-order valence-corrected chi connectivity index (χ3v) is 4.20. The Balaban J connectivity index is 1.91. The van der Waals surface area contributed by atoms with Gasteiger partial charge >= 0.3 is 0 Å². The van der Waals surface area contributed by atoms with Gasteiger partial charge in [-0.15, -0.1) is 0 Å². The van der Waals surface area contributed by atoms with Crippen molar-refractivity contribution in [2.24, 2.45) is 11.7 Å². The summed E-state index contributed by atoms with van der Waals surface area (Å²) in [7, 11) is -0.723. The van der Waals surface area contributed by atoms with Crippen LogP contribution in [0.2, 0.25) is 0 Å². The van der Waals surface area contributed by atoms with Crippen LogP contribution in [-0.2, 0) is 15.6 Å². The molecule has 0 saturated carbocycles. The third kappa shape index (κ3) is 2.46. The lowest BCUT2D eigenvalue weighted by Gasteiger charge is -2.28. The first kappa shape index (κ1) is 10.8. The summed E-state index contributed by atoms with van der Waals surface area (Å²) in [6, 6.07) is 0.0258. The second kappa shape index (κ2) is 4.45. The maximum absolute atomic E-state index is 12.0. The predicted molar refractivity (Wildman–Crippen MR) is 59.7 cm³/mol. The number of amides is 1. The van der Waals surface area contributed by atoms with E-state index in [1.165, 1.54) is 0 Å². The monoisotopic (exact) mass is 228 g/mol. The maximum atomic E-state index is 12.0. The van der Waals surface area contributed by atoms with Crippen molar-refractivity contribution in [3.63, 3.8) is 0 Å². The molecular formula is C10H16N2O2S. The van der Waals surface area contributed by atoms with Gasteiger partial charge in [-0.2, -0.15) is 0 Å². The fourth-order valence-corrected chi connectivity index (χ4v) is 3.06. The van der Waals surface area contributed by atoms with Crippen molar-refractivity contribution in [1.29, 1.82) is 0 Å². The van der Waals surface area contributed by atoms with Crippen LogP contribution in [0.5, 0.6) is 0 Å². The minimum Gasteiger partial charge on any atom is -0.340 e. The molecule has 0 spiro atoms. The Morgan fingerprint density at radius 3 is 2.53 bits per heavy atom. The molecule has 1 aliphatic heterocycles. The van der Waals surface area contributed by atoms with Crippen LogP contribution in [0.3, 0.4) is 0 Å². The third-order valence-electron chi connectivity index (χ3n) is 2.92. The molecule has 0 aromatic rings. The molecule has 1 saturated heterocycles. The summed E-state index contributed by atoms with van der Waals surface area (Å²) in [5.41, 5.74) is 5.71. The smallest absolute Gasteiger partial charge is 0.229 e. The molecule has 4 nitrogen and oxygen atoms in total. The van der Waals surface area contributed by atoms with Gasteiger partial charge in [-0.05, 0) is 6.42 Å². The Morgan fingerprint density at radius 2 is 2.00 bits per heavy atom. The topological polar surface area (TPSA) is 63.4 Å². The van der Waals surface area contributed by atoms with E-state index in [0.29, 0.717) is 24.6 Å². The van der Waals surface area contributed by atoms with Crippen LogP contribution in [0.25, 0.3) is 0 Å². The molecule has 2 atom stereocenters. The molecule has 0 aromatic carbocycles. The summed E-state index contributed by atoms with van der Waals surface area (Å²) in [4.78, 5) is 13.8. The minimum absolute atomic E-state index is 0.0258. The minimum atomic E-state index is -0.723. The zero-order chi connectivity index (χ0) is 10.8. The lowest BCUT2D eigenvalue weighted by molar-refractivity contribution is -0.133. The number of carbonyl (C=O) groups is 1. The van der Waals surface area contributed by atoms with Crippen molar-refractivity contribution in [3.05, 3.63) is 12.2 Å². The standard InChI is InChI=1S/C10H16N2O2S/c11-9-2-1-8(7-9)10(13)12-3-5-15(14)6-4-12/h1-2,8-9H,3-7,11H2. The molecule has 1 amide bonds. The number of hydrogen-bond acceptors (Lipinski definition) is 3. The Hall–Kier alpha value is -0.680. The van der Waals surface area contributed by atoms with E-state index in [1.807, 2.05) is 17.1 Å². The van der Waals surface area contributed by atoms with Gasteiger partial charge in [0, 0.05) is 41.4 Å². The summed E-state index contributed by atoms with van der Waals surface area (Å²) in [5.74, 6) is 1.34. The highest BCUT2D eigenvalue weighted by atomic mass is 32.2. The normalized spacial score (nSPS) is 32.2. The van der Waals surface area contributed by atoms with Crippen LogP contribution in [0.15, 0.2) is 12.2 Å². The number of rotatable bonds is 1. The zero-order valence-electron chi connectivity index (χ0n) is 8.59. The lowest BCUT2D eigenvalue weighted by Crippen LogP contribution is -2.44. The van der Waals surface area contributed by atoms with Crippen molar-refractivity contribution in [1.82, 2.24) is 4.90 Å². The summed E-state index contributed by atoms with van der Waals surface area (Å²) in [6.45, 7) is 1.26. The molecule has 1 heterocycles. The van der Waals surface area contributed by atoms with Gasteiger partial charge < -0.3 is 10.6 Å². The summed E-state index contributed by atoms with van der Waals surface area (Å²) < 4.78 is 11.1. The number of hydrogen-bond donors (Lipinski definition) is 1. The number of carbonyl (C=O) groups excluding carboxylic acids is 1. The van der Waals surface area contributed by atoms with E-state index in [0.717, 1.165) is 6.42 Å². The number of nitrogens with two attached hydrogens (primary N) is 1. The van der Waals surface area contributed by atoms with Crippen LogP contribution in [0, 0.1) is 5.92 Å². The van der Waals surface area contributed by atoms with E-state index in [1.54, 1.807) is 0 Å². The lowest BCUT2D eigenvalue weighted by atomic mass is 10.1. The molecule has 2 unspecified atom stereocenters. The van der Waals surface area contributed by atoms with E-state index < -0.39 is 10.8 Å². The van der Waals surface area contributed by atoms with Gasteiger partial charge in [-0.25, -0.2) is 0 Å². The Labute approximate surface area is 92.0 Å². The first-order valence-corrected chi connectivity index (χ1v) is 6.73. The Bertz CT molecular complexity index is 307. The molecule has 1 fully saturated rings. The van der Waals surface area contributed by atoms with E-state index >= 15 is 0 Å². The van der Waals surface area contributed by atoms with Gasteiger partial charge in [0.1, 0.15) is 0 Å². The second-order valence-corrected chi connectivity index (χ2v) is 5.76. The summed E-state index contributed by atoms with van der Waals surface area (Å²) >= 11 is 0. The van der Waals surface area contributed by atoms with Gasteiger partial charge in [0.15, 0.2) is 0 Å². The van der Waals surface area contributed by atoms with Crippen LogP contribution < -0.4 is 5.73 Å². The Morgan fingerprint density at radius 1 is 1.33 bits per heavy atom. The molecule has 15 heavy (non-hydrogen) atoms. The van der Waals surface area contributed by atoms with Gasteiger partial charge in [0.05, 0.1) is 5.92 Å². The van der Waals surface area contributed by atoms with Crippen LogP contribution in [0.4, 0.5) is 0 Å². The van der Waals surface area contributed by atoms with Crippen molar-refractivity contribution >= 4 is 16.7 Å². The van der Waals surface area contributed by atoms with Crippen molar-refractivity contribution in [2.45, 2.75) is 12.5 Å². The highest BCUT2D eigenvalue weighted by molar-refractivity contribution is 7.85. The summed E-state index contributed by atoms with van der Waals surface area (Å²) in [5, 5.41) is 0. The van der Waals surface area contributed by atoms with Crippen LogP contribution >= 0.6 is 0 Å². The van der Waals surface area contributed by atoms with Gasteiger partial charge in [0.25, 0.3) is 0 Å². The predicted octanol–water partition coefficient (Wildman–Crippen LogP) is -0.519. The van der Waals surface area contributed by atoms with E-state index in [2.05, 4.69) is 0 Å². The first-order chi connectivity index (χ1) is 7.16. The largest absolute Gasteiger partial charge is 0.340 e. The SMILES string of the molecule is NC1C=CC(C(=O)N2CCS(=O)CC2)C1. The van der Waals surface area contributed by atoms with Gasteiger partial charge in [0.2, 0.25) is 5.91 Å². The van der Waals surface area contributed by atoms with Gasteiger partial charge in [-0.3, -0.25) is 9.00 Å². The fourth-order valence-electron chi connectivity index (χ4n) is 2.00. The Kier molecular flexibility index (Phi) is 3.21. The molecule has 1 aliphatic carbocycles. The van der Waals surface area contributed by atoms with Crippen molar-refractivity contribution in [3.8, 4) is 0 Å². The average molecular weight is 228 g/mol. The van der Waals surface area contributed by atoms with Crippen molar-refractivity contribution in [2.75, 3.05) is 24.6 Å². The molecule has 84 valence electrons. The van der Waals surface area contributed by atoms with E-state index in [9.17, 15) is 9.00 Å². The molecule has 2 aliphatic rings. The van der Waals surface area contributed by atoms with Crippen LogP contribution in [-0.4, -0.2) is 45.7 Å². The maximum Gasteiger partial charge on any atom is 0.229 e. The molecule has 0 radical (unpaired) electrons. The molecule has 2 N–H and O–H groups in total. The van der Waals surface area contributed by atoms with Gasteiger partial charge in [-0.1, -0.05) is 12.2 Å². The molecule has 0 aromatic heterocycles. The van der Waals surface area contributed by atoms with Crippen molar-refractivity contribution < 1.29 is 9.00 Å². The fraction of sp³-hybridized carbons (Fsp3) is 0.700. The molecule has 0 bridgehead atoms. The molecule has 2 rings (SSSR count). The second-order valence-electron chi connectivity index (χ2n) is 4.06. The highest BCUT2D eigenvalue weighted by Gasteiger charge is 2.28. The number of nitrogens with zero attached hydrogens (tertiary/aromatic N) is 1. The highest BCUT2D eigenvalue weighted by Crippen LogP contribution is 2.19. The van der Waals surface area contributed by atoms with E-state index in [-0.39, 0.29) is 17.9 Å². The molecule has 5 heteroatoms. The average Bonchev–Trinajstić information content (AvgIpc) is 2.65. The van der Waals surface area contributed by atoms with E-state index in [4.69, 9.17) is 5.73 Å². The van der Waals surface area contributed by atoms with Crippen LogP contribution in [0.1, 0.15) is 6.42 Å². The summed E-state index contributed by atoms with van der Waals surface area (Å²) in [6.07, 6.45) is 4.52. The zero-order valence-corrected chi connectivity index (χ0v) is 9.41. The first-order valence-electron chi connectivity index (χ1n) is 5.24. The molecular weight excluding hydrogens is 212 g/mol. The quantitative estimate of drug-likeness (QED) is 0.614.